The molecule has 0 radical (unpaired) electrons. The first kappa shape index (κ1) is 23.2. The SMILES string of the molecule is Cc1cc(C)c(NC(=O)CN(C)CC(=O)c2cc(C)n(C[C@H]3CCCO3)c2C)c(C)c1. The molecule has 0 unspecified atom stereocenters. The molecule has 2 heterocycles. The number of amides is 1. The van der Waals surface area contributed by atoms with Crippen molar-refractivity contribution in [1.29, 1.82) is 0 Å². The second kappa shape index (κ2) is 9.79. The molecule has 6 nitrogen and oxygen atoms in total. The molecule has 1 atom stereocenters. The number of hydrogen-bond donors (Lipinski definition) is 1. The number of likely N-dealkylation sites (N-methyl/N-ethyl adjacent to an activating group) is 1. The molecule has 31 heavy (non-hydrogen) atoms. The highest BCUT2D eigenvalue weighted by molar-refractivity contribution is 5.99. The van der Waals surface area contributed by atoms with Crippen LogP contribution in [0.15, 0.2) is 18.2 Å². The van der Waals surface area contributed by atoms with Crippen molar-refractivity contribution in [2.75, 3.05) is 32.1 Å². The normalized spacial score (nSPS) is 16.2. The third-order valence-electron chi connectivity index (χ3n) is 6.05. The van der Waals surface area contributed by atoms with Gasteiger partial charge in [-0.3, -0.25) is 14.5 Å². The first-order chi connectivity index (χ1) is 14.7. The Morgan fingerprint density at radius 3 is 2.39 bits per heavy atom. The van der Waals surface area contributed by atoms with Crippen molar-refractivity contribution < 1.29 is 14.3 Å². The highest BCUT2D eigenvalue weighted by Gasteiger charge is 2.22. The maximum absolute atomic E-state index is 12.9. The Bertz CT molecular complexity index is 948. The summed E-state index contributed by atoms with van der Waals surface area (Å²) in [6.07, 6.45) is 2.40. The Hall–Kier alpha value is -2.44. The lowest BCUT2D eigenvalue weighted by molar-refractivity contribution is -0.116. The van der Waals surface area contributed by atoms with Gasteiger partial charge in [-0.2, -0.15) is 0 Å². The van der Waals surface area contributed by atoms with Gasteiger partial charge in [0.1, 0.15) is 0 Å². The smallest absolute Gasteiger partial charge is 0.238 e. The predicted molar refractivity (Wildman–Crippen MR) is 124 cm³/mol. The minimum absolute atomic E-state index is 0.0321. The van der Waals surface area contributed by atoms with Gasteiger partial charge in [0.05, 0.1) is 19.2 Å². The quantitative estimate of drug-likeness (QED) is 0.650. The Balaban J connectivity index is 1.60. The number of anilines is 1. The van der Waals surface area contributed by atoms with Crippen LogP contribution in [0.25, 0.3) is 0 Å². The number of carbonyl (C=O) groups excluding carboxylic acids is 2. The fraction of sp³-hybridized carbons (Fsp3) is 0.520. The van der Waals surface area contributed by atoms with Gasteiger partial charge in [-0.1, -0.05) is 17.7 Å². The second-order valence-corrected chi connectivity index (χ2v) is 8.95. The molecule has 1 aliphatic heterocycles. The summed E-state index contributed by atoms with van der Waals surface area (Å²) in [5.74, 6) is -0.0844. The first-order valence-electron chi connectivity index (χ1n) is 11.0. The topological polar surface area (TPSA) is 63.6 Å². The van der Waals surface area contributed by atoms with E-state index in [4.69, 9.17) is 4.74 Å². The Labute approximate surface area is 185 Å². The number of benzene rings is 1. The highest BCUT2D eigenvalue weighted by Crippen LogP contribution is 2.22. The molecule has 0 saturated carbocycles. The fourth-order valence-corrected chi connectivity index (χ4v) is 4.54. The number of aryl methyl sites for hydroxylation is 4. The van der Waals surface area contributed by atoms with E-state index in [0.29, 0.717) is 0 Å². The summed E-state index contributed by atoms with van der Waals surface area (Å²) in [7, 11) is 1.80. The first-order valence-corrected chi connectivity index (χ1v) is 11.0. The van der Waals surface area contributed by atoms with Gasteiger partial charge < -0.3 is 14.6 Å². The van der Waals surface area contributed by atoms with Crippen molar-refractivity contribution in [3.8, 4) is 0 Å². The molecule has 1 saturated heterocycles. The molecule has 1 fully saturated rings. The van der Waals surface area contributed by atoms with Gasteiger partial charge in [0.25, 0.3) is 0 Å². The van der Waals surface area contributed by atoms with Crippen molar-refractivity contribution in [2.24, 2.45) is 0 Å². The van der Waals surface area contributed by atoms with Crippen LogP contribution < -0.4 is 5.32 Å². The van der Waals surface area contributed by atoms with Crippen LogP contribution in [0.4, 0.5) is 5.69 Å². The predicted octanol–water partition coefficient (Wildman–Crippen LogP) is 3.96. The molecule has 0 spiro atoms. The molecule has 2 aromatic rings. The summed E-state index contributed by atoms with van der Waals surface area (Å²) in [6.45, 7) is 12.0. The summed E-state index contributed by atoms with van der Waals surface area (Å²) in [5, 5.41) is 3.00. The number of nitrogens with one attached hydrogen (secondary N) is 1. The van der Waals surface area contributed by atoms with E-state index in [1.165, 1.54) is 5.56 Å². The van der Waals surface area contributed by atoms with E-state index in [1.807, 2.05) is 40.7 Å². The van der Waals surface area contributed by atoms with Gasteiger partial charge in [-0.15, -0.1) is 0 Å². The summed E-state index contributed by atoms with van der Waals surface area (Å²) in [5.41, 5.74) is 6.89. The van der Waals surface area contributed by atoms with Crippen LogP contribution in [0.2, 0.25) is 0 Å². The molecule has 1 aromatic carbocycles. The highest BCUT2D eigenvalue weighted by atomic mass is 16.5. The van der Waals surface area contributed by atoms with Crippen LogP contribution in [0.1, 0.15) is 51.3 Å². The van der Waals surface area contributed by atoms with Crippen LogP contribution in [0.5, 0.6) is 0 Å². The third-order valence-corrected chi connectivity index (χ3v) is 6.05. The summed E-state index contributed by atoms with van der Waals surface area (Å²) < 4.78 is 7.94. The zero-order valence-electron chi connectivity index (χ0n) is 19.7. The molecule has 0 aliphatic carbocycles. The standard InChI is InChI=1S/C25H35N3O3/c1-16-10-17(2)25(18(3)11-16)26-24(30)15-27(6)14-23(29)22-12-19(4)28(20(22)5)13-21-8-7-9-31-21/h10-12,21H,7-9,13-15H2,1-6H3,(H,26,30)/t21-/m1/s1. The van der Waals surface area contributed by atoms with Gasteiger partial charge in [-0.25, -0.2) is 0 Å². The van der Waals surface area contributed by atoms with Crippen molar-refractivity contribution in [2.45, 2.75) is 60.1 Å². The number of aromatic nitrogens is 1. The monoisotopic (exact) mass is 425 g/mol. The van der Waals surface area contributed by atoms with E-state index in [0.717, 1.165) is 59.8 Å². The van der Waals surface area contributed by atoms with Crippen LogP contribution in [0.3, 0.4) is 0 Å². The van der Waals surface area contributed by atoms with Crippen molar-refractivity contribution in [1.82, 2.24) is 9.47 Å². The van der Waals surface area contributed by atoms with E-state index < -0.39 is 0 Å². The van der Waals surface area contributed by atoms with E-state index in [-0.39, 0.29) is 30.9 Å². The molecular weight excluding hydrogens is 390 g/mol. The Morgan fingerprint density at radius 2 is 1.77 bits per heavy atom. The minimum Gasteiger partial charge on any atom is -0.376 e. The summed E-state index contributed by atoms with van der Waals surface area (Å²) in [4.78, 5) is 27.3. The zero-order chi connectivity index (χ0) is 22.7. The van der Waals surface area contributed by atoms with Crippen LogP contribution in [-0.4, -0.2) is 54.0 Å². The van der Waals surface area contributed by atoms with Crippen LogP contribution in [0, 0.1) is 34.6 Å². The van der Waals surface area contributed by atoms with E-state index in [9.17, 15) is 9.59 Å². The molecule has 0 bridgehead atoms. The Kier molecular flexibility index (Phi) is 7.34. The lowest BCUT2D eigenvalue weighted by Crippen LogP contribution is -2.34. The number of carbonyl (C=O) groups is 2. The fourth-order valence-electron chi connectivity index (χ4n) is 4.54. The van der Waals surface area contributed by atoms with Crippen LogP contribution in [-0.2, 0) is 16.1 Å². The van der Waals surface area contributed by atoms with E-state index in [2.05, 4.69) is 22.0 Å². The van der Waals surface area contributed by atoms with Gasteiger partial charge in [-0.05, 0) is 71.7 Å². The van der Waals surface area contributed by atoms with E-state index in [1.54, 1.807) is 11.9 Å². The largest absolute Gasteiger partial charge is 0.376 e. The molecule has 6 heteroatoms. The lowest BCUT2D eigenvalue weighted by Gasteiger charge is -2.18. The number of ether oxygens (including phenoxy) is 1. The average Bonchev–Trinajstić information content (AvgIpc) is 3.28. The maximum atomic E-state index is 12.9. The molecular formula is C25H35N3O3. The van der Waals surface area contributed by atoms with Gasteiger partial charge >= 0.3 is 0 Å². The van der Waals surface area contributed by atoms with Crippen molar-refractivity contribution >= 4 is 17.4 Å². The molecule has 1 aromatic heterocycles. The Morgan fingerprint density at radius 1 is 1.10 bits per heavy atom. The maximum Gasteiger partial charge on any atom is 0.238 e. The van der Waals surface area contributed by atoms with Crippen LogP contribution >= 0.6 is 0 Å². The zero-order valence-corrected chi connectivity index (χ0v) is 19.7. The second-order valence-electron chi connectivity index (χ2n) is 8.95. The minimum atomic E-state index is -0.116. The number of nitrogens with zero attached hydrogens (tertiary/aromatic N) is 2. The number of hydrogen-bond acceptors (Lipinski definition) is 4. The molecule has 1 aliphatic rings. The molecule has 168 valence electrons. The number of ketones is 1. The molecule has 1 amide bonds. The molecule has 3 rings (SSSR count). The van der Waals surface area contributed by atoms with Crippen molar-refractivity contribution in [3.63, 3.8) is 0 Å². The number of rotatable bonds is 8. The van der Waals surface area contributed by atoms with E-state index >= 15 is 0 Å². The van der Waals surface area contributed by atoms with Gasteiger partial charge in [0.15, 0.2) is 5.78 Å². The third kappa shape index (κ3) is 5.63. The summed E-state index contributed by atoms with van der Waals surface area (Å²) >= 11 is 0. The number of Topliss-reactive ketones (excluding diaryl/α,β-unsaturated/α-hetero) is 1. The summed E-state index contributed by atoms with van der Waals surface area (Å²) in [6, 6.07) is 6.07. The van der Waals surface area contributed by atoms with Gasteiger partial charge in [0.2, 0.25) is 5.91 Å². The van der Waals surface area contributed by atoms with Crippen molar-refractivity contribution in [3.05, 3.63) is 51.8 Å². The lowest BCUT2D eigenvalue weighted by atomic mass is 10.1. The molecule has 1 N–H and O–H groups in total. The van der Waals surface area contributed by atoms with Gasteiger partial charge in [0, 0.05) is 35.8 Å². The average molecular weight is 426 g/mol.